The Hall–Kier alpha value is -1.87. The minimum atomic E-state index is -0.319. The molecule has 1 N–H and O–H groups in total. The molecule has 0 unspecified atom stereocenters. The molecule has 2 heterocycles. The molecular weight excluding hydrogens is 410 g/mol. The average molecular weight is 424 g/mol. The molecule has 1 aromatic carbocycles. The molecule has 0 aliphatic heterocycles. The summed E-state index contributed by atoms with van der Waals surface area (Å²) in [6.45, 7) is 0. The molecule has 0 aliphatic rings. The van der Waals surface area contributed by atoms with Gasteiger partial charge in [-0.05, 0) is 36.0 Å². The van der Waals surface area contributed by atoms with Gasteiger partial charge in [0.25, 0.3) is 11.1 Å². The van der Waals surface area contributed by atoms with Crippen LogP contribution in [0.4, 0.5) is 10.5 Å². The van der Waals surface area contributed by atoms with Crippen LogP contribution in [0.15, 0.2) is 46.7 Å². The largest absolute Gasteiger partial charge is 0.339 e. The van der Waals surface area contributed by atoms with E-state index in [1.54, 1.807) is 43.7 Å². The Bertz CT molecular complexity index is 952. The van der Waals surface area contributed by atoms with Crippen molar-refractivity contribution in [3.05, 3.63) is 51.8 Å². The Morgan fingerprint density at radius 1 is 1.19 bits per heavy atom. The molecule has 134 valence electrons. The monoisotopic (exact) mass is 423 g/mol. The first-order chi connectivity index (χ1) is 12.4. The molecule has 0 fully saturated rings. The number of aromatic nitrogens is 1. The third kappa shape index (κ3) is 4.45. The average Bonchev–Trinajstić information content (AvgIpc) is 3.25. The summed E-state index contributed by atoms with van der Waals surface area (Å²) in [5.74, 6) is -0.319. The number of thiophene rings is 1. The van der Waals surface area contributed by atoms with Gasteiger partial charge < -0.3 is 10.2 Å². The lowest BCUT2D eigenvalue weighted by atomic mass is 10.3. The van der Waals surface area contributed by atoms with Crippen molar-refractivity contribution in [2.75, 3.05) is 19.4 Å². The number of carbonyl (C=O) groups excluding carboxylic acids is 2. The fraction of sp³-hybridized carbons (Fsp3) is 0.118. The van der Waals surface area contributed by atoms with Gasteiger partial charge >= 0.3 is 0 Å². The zero-order valence-electron chi connectivity index (χ0n) is 13.9. The Balaban J connectivity index is 1.76. The molecule has 0 aliphatic carbocycles. The lowest BCUT2D eigenvalue weighted by Crippen LogP contribution is -2.17. The third-order valence-electron chi connectivity index (χ3n) is 3.22. The van der Waals surface area contributed by atoms with Gasteiger partial charge in [0.1, 0.15) is 10.7 Å². The van der Waals surface area contributed by atoms with Crippen LogP contribution in [0.25, 0.3) is 9.88 Å². The molecule has 26 heavy (non-hydrogen) atoms. The molecule has 0 saturated heterocycles. The number of thiazole rings is 1. The number of rotatable bonds is 4. The molecule has 0 bridgehead atoms. The van der Waals surface area contributed by atoms with E-state index >= 15 is 0 Å². The van der Waals surface area contributed by atoms with Crippen LogP contribution in [0.2, 0.25) is 4.34 Å². The normalized spacial score (nSPS) is 10.6. The first-order valence-corrected chi connectivity index (χ1v) is 10.3. The number of hydrogen-bond acceptors (Lipinski definition) is 6. The molecule has 2 aromatic heterocycles. The van der Waals surface area contributed by atoms with Gasteiger partial charge in [0.15, 0.2) is 0 Å². The maximum Gasteiger partial charge on any atom is 0.286 e. The number of nitrogens with one attached hydrogen (secondary N) is 1. The summed E-state index contributed by atoms with van der Waals surface area (Å²) in [5.41, 5.74) is 0.902. The molecule has 5 nitrogen and oxygen atoms in total. The highest BCUT2D eigenvalue weighted by Gasteiger charge is 2.16. The van der Waals surface area contributed by atoms with E-state index in [1.165, 1.54) is 27.6 Å². The van der Waals surface area contributed by atoms with Gasteiger partial charge in [0.2, 0.25) is 0 Å². The number of thioether (sulfide) groups is 1. The van der Waals surface area contributed by atoms with Crippen molar-refractivity contribution in [1.29, 1.82) is 0 Å². The molecule has 9 heteroatoms. The van der Waals surface area contributed by atoms with Crippen LogP contribution in [0.1, 0.15) is 10.5 Å². The van der Waals surface area contributed by atoms with Gasteiger partial charge in [-0.15, -0.1) is 22.7 Å². The number of nitrogens with zero attached hydrogens (tertiary/aromatic N) is 2. The van der Waals surface area contributed by atoms with Crippen LogP contribution < -0.4 is 5.32 Å². The molecule has 3 rings (SSSR count). The van der Waals surface area contributed by atoms with Crippen LogP contribution in [0, 0.1) is 0 Å². The van der Waals surface area contributed by atoms with E-state index in [0.717, 1.165) is 21.6 Å². The zero-order valence-corrected chi connectivity index (χ0v) is 17.1. The van der Waals surface area contributed by atoms with Crippen LogP contribution in [0.5, 0.6) is 0 Å². The highest BCUT2D eigenvalue weighted by molar-refractivity contribution is 8.13. The smallest absolute Gasteiger partial charge is 0.286 e. The number of para-hydroxylation sites is 1. The van der Waals surface area contributed by atoms with E-state index in [0.29, 0.717) is 20.6 Å². The summed E-state index contributed by atoms with van der Waals surface area (Å²) >= 11 is 9.82. The van der Waals surface area contributed by atoms with Crippen molar-refractivity contribution >= 4 is 62.9 Å². The second kappa shape index (κ2) is 8.22. The summed E-state index contributed by atoms with van der Waals surface area (Å²) in [6, 6.07) is 10.9. The third-order valence-corrected chi connectivity index (χ3v) is 6.58. The number of amides is 2. The SMILES string of the molecule is CN(C)C(=O)Sc1ccccc1NC(=O)c1csc(-c2ccc(Cl)s2)n1. The minimum Gasteiger partial charge on any atom is -0.339 e. The highest BCUT2D eigenvalue weighted by Crippen LogP contribution is 2.33. The van der Waals surface area contributed by atoms with Crippen molar-refractivity contribution in [1.82, 2.24) is 9.88 Å². The Morgan fingerprint density at radius 2 is 1.96 bits per heavy atom. The van der Waals surface area contributed by atoms with Crippen molar-refractivity contribution < 1.29 is 9.59 Å². The zero-order chi connectivity index (χ0) is 18.7. The van der Waals surface area contributed by atoms with Crippen LogP contribution >= 0.6 is 46.0 Å². The van der Waals surface area contributed by atoms with Crippen LogP contribution in [0.3, 0.4) is 0 Å². The lowest BCUT2D eigenvalue weighted by molar-refractivity contribution is 0.102. The fourth-order valence-corrected chi connectivity index (χ4v) is 4.61. The quantitative estimate of drug-likeness (QED) is 0.558. The van der Waals surface area contributed by atoms with Crippen LogP contribution in [-0.4, -0.2) is 35.1 Å². The summed E-state index contributed by atoms with van der Waals surface area (Å²) in [6.07, 6.45) is 0. The maximum atomic E-state index is 12.5. The number of anilines is 1. The van der Waals surface area contributed by atoms with Gasteiger partial charge in [-0.3, -0.25) is 9.59 Å². The fourth-order valence-electron chi connectivity index (χ4n) is 1.95. The standard InChI is InChI=1S/C17H14ClN3O2S3/c1-21(2)17(23)26-12-6-4-3-5-10(12)19-15(22)11-9-24-16(20-11)13-7-8-14(18)25-13/h3-9H,1-2H3,(H,19,22). The first kappa shape index (κ1) is 18.9. The summed E-state index contributed by atoms with van der Waals surface area (Å²) in [4.78, 5) is 32.0. The second-order valence-corrected chi connectivity index (χ2v) is 8.92. The molecule has 0 atom stereocenters. The molecule has 2 amide bonds. The number of halogens is 1. The van der Waals surface area contributed by atoms with Gasteiger partial charge in [0, 0.05) is 24.4 Å². The topological polar surface area (TPSA) is 62.3 Å². The van der Waals surface area contributed by atoms with Crippen LogP contribution in [-0.2, 0) is 0 Å². The summed E-state index contributed by atoms with van der Waals surface area (Å²) < 4.78 is 0.678. The van der Waals surface area contributed by atoms with Gasteiger partial charge in [-0.2, -0.15) is 0 Å². The van der Waals surface area contributed by atoms with E-state index in [1.807, 2.05) is 12.1 Å². The van der Waals surface area contributed by atoms with E-state index in [9.17, 15) is 9.59 Å². The molecular formula is C17H14ClN3O2S3. The summed E-state index contributed by atoms with van der Waals surface area (Å²) in [5, 5.41) is 5.17. The predicted molar refractivity (Wildman–Crippen MR) is 110 cm³/mol. The second-order valence-electron chi connectivity index (χ2n) is 5.35. The van der Waals surface area contributed by atoms with Gasteiger partial charge in [-0.25, -0.2) is 4.98 Å². The highest BCUT2D eigenvalue weighted by atomic mass is 35.5. The van der Waals surface area contributed by atoms with E-state index in [2.05, 4.69) is 10.3 Å². The van der Waals surface area contributed by atoms with Gasteiger partial charge in [-0.1, -0.05) is 23.7 Å². The minimum absolute atomic E-state index is 0.114. The number of carbonyl (C=O) groups is 2. The molecule has 0 radical (unpaired) electrons. The van der Waals surface area contributed by atoms with E-state index in [-0.39, 0.29) is 11.1 Å². The Labute approximate surface area is 168 Å². The van der Waals surface area contributed by atoms with E-state index < -0.39 is 0 Å². The number of benzene rings is 1. The lowest BCUT2D eigenvalue weighted by Gasteiger charge is -2.12. The first-order valence-electron chi connectivity index (χ1n) is 7.45. The summed E-state index contributed by atoms with van der Waals surface area (Å²) in [7, 11) is 3.37. The maximum absolute atomic E-state index is 12.5. The number of hydrogen-bond donors (Lipinski definition) is 1. The van der Waals surface area contributed by atoms with E-state index in [4.69, 9.17) is 11.6 Å². The Morgan fingerprint density at radius 3 is 2.65 bits per heavy atom. The van der Waals surface area contributed by atoms with Crippen molar-refractivity contribution in [2.45, 2.75) is 4.90 Å². The molecule has 0 spiro atoms. The Kier molecular flexibility index (Phi) is 5.98. The van der Waals surface area contributed by atoms with Crippen molar-refractivity contribution in [3.63, 3.8) is 0 Å². The predicted octanol–water partition coefficient (Wildman–Crippen LogP) is 5.55. The molecule has 3 aromatic rings. The van der Waals surface area contributed by atoms with Gasteiger partial charge in [0.05, 0.1) is 14.9 Å². The van der Waals surface area contributed by atoms with Crippen molar-refractivity contribution in [2.24, 2.45) is 0 Å². The van der Waals surface area contributed by atoms with Crippen molar-refractivity contribution in [3.8, 4) is 9.88 Å². The molecule has 0 saturated carbocycles.